The number of carbonyl (C=O) groups is 1. The third-order valence-electron chi connectivity index (χ3n) is 4.20. The first-order chi connectivity index (χ1) is 13.0. The van der Waals surface area contributed by atoms with Gasteiger partial charge in [0.05, 0.1) is 28.2 Å². The number of H-pyrrole nitrogens is 1. The third-order valence-corrected chi connectivity index (χ3v) is 4.74. The molecule has 6 nitrogen and oxygen atoms in total. The van der Waals surface area contributed by atoms with E-state index in [2.05, 4.69) is 15.3 Å². The number of hydrogen-bond donors (Lipinski definition) is 3. The smallest absolute Gasteiger partial charge is 0.279 e. The topological polar surface area (TPSA) is 79.3 Å². The molecule has 1 heterocycles. The summed E-state index contributed by atoms with van der Waals surface area (Å²) in [6, 6.07) is 12.1. The molecule has 1 aromatic heterocycles. The van der Waals surface area contributed by atoms with E-state index < -0.39 is 0 Å². The van der Waals surface area contributed by atoms with Crippen LogP contribution in [-0.4, -0.2) is 29.0 Å². The number of likely N-dealkylation sites (N-methyl/N-ethyl adjacent to an activating group) is 1. The SMILES string of the molecule is CC[NH+](CC(=O)Nc1ccc(Cl)cc1Cl)Cc1nc2ccccc2c(=O)[nH]1. The zero-order valence-electron chi connectivity index (χ0n) is 14.7. The second-order valence-electron chi connectivity index (χ2n) is 6.16. The number of nitrogens with zero attached hydrogens (tertiary/aromatic N) is 1. The van der Waals surface area contributed by atoms with Crippen molar-refractivity contribution in [1.29, 1.82) is 0 Å². The number of fused-ring (bicyclic) bond motifs is 1. The summed E-state index contributed by atoms with van der Waals surface area (Å²) < 4.78 is 0. The lowest BCUT2D eigenvalue weighted by Gasteiger charge is -2.17. The highest BCUT2D eigenvalue weighted by Gasteiger charge is 2.16. The molecule has 27 heavy (non-hydrogen) atoms. The maximum Gasteiger partial charge on any atom is 0.279 e. The van der Waals surface area contributed by atoms with E-state index in [1.54, 1.807) is 36.4 Å². The Morgan fingerprint density at radius 1 is 1.22 bits per heavy atom. The number of para-hydroxylation sites is 1. The van der Waals surface area contributed by atoms with Crippen LogP contribution in [0.15, 0.2) is 47.3 Å². The first-order valence-corrected chi connectivity index (χ1v) is 9.28. The molecule has 0 aliphatic rings. The Balaban J connectivity index is 1.70. The molecule has 3 aromatic rings. The summed E-state index contributed by atoms with van der Waals surface area (Å²) in [6.45, 7) is 3.31. The van der Waals surface area contributed by atoms with Crippen molar-refractivity contribution in [2.45, 2.75) is 13.5 Å². The van der Waals surface area contributed by atoms with Crippen molar-refractivity contribution in [3.05, 3.63) is 68.7 Å². The fraction of sp³-hybridized carbons (Fsp3) is 0.211. The molecule has 0 radical (unpaired) electrons. The van der Waals surface area contributed by atoms with Crippen LogP contribution in [0, 0.1) is 0 Å². The van der Waals surface area contributed by atoms with E-state index in [-0.39, 0.29) is 18.0 Å². The molecule has 2 aromatic carbocycles. The molecule has 1 amide bonds. The van der Waals surface area contributed by atoms with Crippen LogP contribution in [0.3, 0.4) is 0 Å². The molecule has 3 rings (SSSR count). The Kier molecular flexibility index (Phi) is 6.11. The van der Waals surface area contributed by atoms with Crippen molar-refractivity contribution >= 4 is 45.7 Å². The standard InChI is InChI=1S/C19H18Cl2N4O2/c1-2-25(11-18(26)23-16-8-7-12(20)9-14(16)21)10-17-22-15-6-4-3-5-13(15)19(27)24-17/h3-9H,2,10-11H2,1H3,(H,23,26)(H,22,24,27)/p+1. The second kappa shape index (κ2) is 8.52. The monoisotopic (exact) mass is 405 g/mol. The summed E-state index contributed by atoms with van der Waals surface area (Å²) in [7, 11) is 0. The largest absolute Gasteiger partial charge is 0.321 e. The van der Waals surface area contributed by atoms with Crippen LogP contribution < -0.4 is 15.8 Å². The van der Waals surface area contributed by atoms with Crippen LogP contribution in [0.1, 0.15) is 12.7 Å². The highest BCUT2D eigenvalue weighted by Crippen LogP contribution is 2.25. The lowest BCUT2D eigenvalue weighted by Crippen LogP contribution is -3.11. The Morgan fingerprint density at radius 2 is 2.00 bits per heavy atom. The molecule has 0 saturated carbocycles. The average Bonchev–Trinajstić information content (AvgIpc) is 2.63. The minimum absolute atomic E-state index is 0.177. The van der Waals surface area contributed by atoms with E-state index in [1.165, 1.54) is 0 Å². The van der Waals surface area contributed by atoms with Crippen molar-refractivity contribution in [2.24, 2.45) is 0 Å². The van der Waals surface area contributed by atoms with Crippen molar-refractivity contribution in [2.75, 3.05) is 18.4 Å². The predicted octanol–water partition coefficient (Wildman–Crippen LogP) is 2.27. The summed E-state index contributed by atoms with van der Waals surface area (Å²) in [5.74, 6) is 0.368. The fourth-order valence-corrected chi connectivity index (χ4v) is 3.24. The lowest BCUT2D eigenvalue weighted by molar-refractivity contribution is -0.904. The molecule has 0 saturated heterocycles. The number of anilines is 1. The van der Waals surface area contributed by atoms with Crippen molar-refractivity contribution in [1.82, 2.24) is 9.97 Å². The molecule has 0 spiro atoms. The average molecular weight is 406 g/mol. The van der Waals surface area contributed by atoms with E-state index in [1.807, 2.05) is 13.0 Å². The maximum absolute atomic E-state index is 12.4. The molecule has 0 fully saturated rings. The number of carbonyl (C=O) groups excluding carboxylic acids is 1. The number of aromatic amines is 1. The van der Waals surface area contributed by atoms with Gasteiger partial charge < -0.3 is 15.2 Å². The Bertz CT molecular complexity index is 1040. The van der Waals surface area contributed by atoms with Gasteiger partial charge in [0, 0.05) is 5.02 Å². The van der Waals surface area contributed by atoms with Crippen LogP contribution in [0.2, 0.25) is 10.0 Å². The van der Waals surface area contributed by atoms with Gasteiger partial charge in [0.2, 0.25) is 0 Å². The molecule has 140 valence electrons. The number of aromatic nitrogens is 2. The second-order valence-corrected chi connectivity index (χ2v) is 7.00. The highest BCUT2D eigenvalue weighted by atomic mass is 35.5. The van der Waals surface area contributed by atoms with Gasteiger partial charge in [0.15, 0.2) is 12.4 Å². The first-order valence-electron chi connectivity index (χ1n) is 8.52. The lowest BCUT2D eigenvalue weighted by atomic mass is 10.2. The number of quaternary nitrogens is 1. The Labute approximate surface area is 166 Å². The van der Waals surface area contributed by atoms with Crippen LogP contribution in [0.5, 0.6) is 0 Å². The fourth-order valence-electron chi connectivity index (χ4n) is 2.78. The van der Waals surface area contributed by atoms with Gasteiger partial charge in [0.25, 0.3) is 11.5 Å². The normalized spacial score (nSPS) is 12.1. The summed E-state index contributed by atoms with van der Waals surface area (Å²) in [4.78, 5) is 32.8. The Morgan fingerprint density at radius 3 is 2.74 bits per heavy atom. The predicted molar refractivity (Wildman–Crippen MR) is 108 cm³/mol. The molecule has 1 unspecified atom stereocenters. The van der Waals surface area contributed by atoms with Crippen LogP contribution in [0.4, 0.5) is 5.69 Å². The van der Waals surface area contributed by atoms with E-state index in [0.717, 1.165) is 4.90 Å². The van der Waals surface area contributed by atoms with Crippen LogP contribution in [0.25, 0.3) is 10.9 Å². The van der Waals surface area contributed by atoms with Gasteiger partial charge in [-0.2, -0.15) is 0 Å². The number of hydrogen-bond acceptors (Lipinski definition) is 3. The van der Waals surface area contributed by atoms with Crippen molar-refractivity contribution < 1.29 is 9.69 Å². The van der Waals surface area contributed by atoms with Crippen molar-refractivity contribution in [3.63, 3.8) is 0 Å². The highest BCUT2D eigenvalue weighted by molar-refractivity contribution is 6.36. The molecule has 0 aliphatic heterocycles. The van der Waals surface area contributed by atoms with E-state index in [0.29, 0.717) is 45.5 Å². The quantitative estimate of drug-likeness (QED) is 0.588. The number of nitrogens with one attached hydrogen (secondary N) is 3. The van der Waals surface area contributed by atoms with Gasteiger partial charge in [-0.3, -0.25) is 9.59 Å². The first kappa shape index (κ1) is 19.4. The molecular formula is C19H19Cl2N4O2+. The van der Waals surface area contributed by atoms with Gasteiger partial charge in [-0.25, -0.2) is 4.98 Å². The minimum Gasteiger partial charge on any atom is -0.321 e. The summed E-state index contributed by atoms with van der Waals surface area (Å²) >= 11 is 12.0. The molecule has 0 bridgehead atoms. The van der Waals surface area contributed by atoms with Crippen LogP contribution >= 0.6 is 23.2 Å². The number of amides is 1. The molecule has 3 N–H and O–H groups in total. The third kappa shape index (κ3) is 4.86. The number of benzene rings is 2. The summed E-state index contributed by atoms with van der Waals surface area (Å²) in [5, 5.41) is 4.23. The van der Waals surface area contributed by atoms with Gasteiger partial charge in [-0.1, -0.05) is 35.3 Å². The van der Waals surface area contributed by atoms with Crippen molar-refractivity contribution in [3.8, 4) is 0 Å². The van der Waals surface area contributed by atoms with Gasteiger partial charge in [0.1, 0.15) is 6.54 Å². The maximum atomic E-state index is 12.4. The molecule has 0 aliphatic carbocycles. The van der Waals surface area contributed by atoms with E-state index in [4.69, 9.17) is 23.2 Å². The molecular weight excluding hydrogens is 387 g/mol. The summed E-state index contributed by atoms with van der Waals surface area (Å²) in [5.41, 5.74) is 0.978. The zero-order valence-corrected chi connectivity index (χ0v) is 16.2. The number of rotatable bonds is 6. The van der Waals surface area contributed by atoms with E-state index in [9.17, 15) is 9.59 Å². The number of halogens is 2. The van der Waals surface area contributed by atoms with E-state index >= 15 is 0 Å². The molecule has 1 atom stereocenters. The zero-order chi connectivity index (χ0) is 19.4. The van der Waals surface area contributed by atoms with Gasteiger partial charge >= 0.3 is 0 Å². The molecule has 8 heteroatoms. The van der Waals surface area contributed by atoms with Crippen LogP contribution in [-0.2, 0) is 11.3 Å². The Hall–Kier alpha value is -2.41. The van der Waals surface area contributed by atoms with Gasteiger partial charge in [-0.05, 0) is 37.3 Å². The minimum atomic E-state index is -0.181. The van der Waals surface area contributed by atoms with Gasteiger partial charge in [-0.15, -0.1) is 0 Å². The summed E-state index contributed by atoms with van der Waals surface area (Å²) in [6.07, 6.45) is 0.